The van der Waals surface area contributed by atoms with Crippen LogP contribution in [0.5, 0.6) is 17.2 Å². The van der Waals surface area contributed by atoms with E-state index in [-0.39, 0.29) is 0 Å². The van der Waals surface area contributed by atoms with Gasteiger partial charge in [-0.1, -0.05) is 60.7 Å². The molecule has 26 heavy (non-hydrogen) atoms. The van der Waals surface area contributed by atoms with E-state index >= 15 is 0 Å². The van der Waals surface area contributed by atoms with Crippen molar-refractivity contribution in [1.29, 1.82) is 0 Å². The van der Waals surface area contributed by atoms with Crippen molar-refractivity contribution in [3.05, 3.63) is 90.0 Å². The quantitative estimate of drug-likeness (QED) is 0.456. The number of hydrogen-bond acceptors (Lipinski definition) is 4. The van der Waals surface area contributed by atoms with Crippen LogP contribution in [-0.4, -0.2) is 5.97 Å². The van der Waals surface area contributed by atoms with Crippen LogP contribution in [0.15, 0.2) is 78.9 Å². The smallest absolute Gasteiger partial charge is 0.308 e. The predicted octanol–water partition coefficient (Wildman–Crippen LogP) is 4.77. The molecular weight excluding hydrogens is 328 g/mol. The van der Waals surface area contributed by atoms with Crippen molar-refractivity contribution in [1.82, 2.24) is 0 Å². The summed E-state index contributed by atoms with van der Waals surface area (Å²) in [6, 6.07) is 24.9. The third-order valence-corrected chi connectivity index (χ3v) is 3.65. The van der Waals surface area contributed by atoms with Crippen LogP contribution in [0.25, 0.3) is 0 Å². The first-order chi connectivity index (χ1) is 12.7. The maximum Gasteiger partial charge on any atom is 0.308 e. The van der Waals surface area contributed by atoms with Crippen LogP contribution in [0.2, 0.25) is 0 Å². The highest BCUT2D eigenvalue weighted by atomic mass is 16.6. The van der Waals surface area contributed by atoms with Crippen LogP contribution in [0.1, 0.15) is 18.1 Å². The Kier molecular flexibility index (Phi) is 5.88. The number of carbonyl (C=O) groups is 1. The van der Waals surface area contributed by atoms with Crippen molar-refractivity contribution in [3.63, 3.8) is 0 Å². The Hall–Kier alpha value is -3.27. The molecule has 132 valence electrons. The highest BCUT2D eigenvalue weighted by molar-refractivity contribution is 5.70. The van der Waals surface area contributed by atoms with Gasteiger partial charge in [-0.2, -0.15) is 0 Å². The molecule has 0 saturated heterocycles. The second-order valence-corrected chi connectivity index (χ2v) is 5.75. The Labute approximate surface area is 153 Å². The maximum absolute atomic E-state index is 11.4. The molecule has 3 rings (SSSR count). The summed E-state index contributed by atoms with van der Waals surface area (Å²) in [5.41, 5.74) is 2.09. The monoisotopic (exact) mass is 348 g/mol. The molecule has 0 heterocycles. The van der Waals surface area contributed by atoms with E-state index in [4.69, 9.17) is 14.2 Å². The highest BCUT2D eigenvalue weighted by Crippen LogP contribution is 2.32. The highest BCUT2D eigenvalue weighted by Gasteiger charge is 2.10. The summed E-state index contributed by atoms with van der Waals surface area (Å²) in [6.45, 7) is 2.18. The van der Waals surface area contributed by atoms with Gasteiger partial charge in [0.2, 0.25) is 0 Å². The predicted molar refractivity (Wildman–Crippen MR) is 99.3 cm³/mol. The summed E-state index contributed by atoms with van der Waals surface area (Å²) in [5.74, 6) is 1.04. The SMILES string of the molecule is CC(=O)Oc1cc(OCc2ccccc2)ccc1OCc1ccccc1. The lowest BCUT2D eigenvalue weighted by Gasteiger charge is -2.13. The first-order valence-electron chi connectivity index (χ1n) is 8.36. The molecule has 4 heteroatoms. The van der Waals surface area contributed by atoms with Gasteiger partial charge in [0.25, 0.3) is 0 Å². The maximum atomic E-state index is 11.4. The van der Waals surface area contributed by atoms with Crippen molar-refractivity contribution in [2.75, 3.05) is 0 Å². The molecule has 0 atom stereocenters. The summed E-state index contributed by atoms with van der Waals surface area (Å²) in [5, 5.41) is 0. The molecule has 0 fully saturated rings. The number of ether oxygens (including phenoxy) is 3. The van der Waals surface area contributed by atoms with E-state index in [1.807, 2.05) is 60.7 Å². The molecular formula is C22H20O4. The number of hydrogen-bond donors (Lipinski definition) is 0. The standard InChI is InChI=1S/C22H20O4/c1-17(23)26-22-14-20(24-15-18-8-4-2-5-9-18)12-13-21(22)25-16-19-10-6-3-7-11-19/h2-14H,15-16H2,1H3. The molecule has 3 aromatic rings. The van der Waals surface area contributed by atoms with Gasteiger partial charge in [-0.25, -0.2) is 0 Å². The summed E-state index contributed by atoms with van der Waals surface area (Å²) >= 11 is 0. The Bertz CT molecular complexity index is 845. The van der Waals surface area contributed by atoms with Crippen molar-refractivity contribution >= 4 is 5.97 Å². The van der Waals surface area contributed by atoms with Crippen molar-refractivity contribution in [2.24, 2.45) is 0 Å². The molecule has 4 nitrogen and oxygen atoms in total. The Morgan fingerprint density at radius 3 is 1.88 bits per heavy atom. The largest absolute Gasteiger partial charge is 0.489 e. The molecule has 0 saturated carbocycles. The molecule has 3 aromatic carbocycles. The van der Waals surface area contributed by atoms with E-state index < -0.39 is 5.97 Å². The average Bonchev–Trinajstić information content (AvgIpc) is 2.67. The van der Waals surface area contributed by atoms with Gasteiger partial charge in [0.15, 0.2) is 11.5 Å². The molecule has 0 radical (unpaired) electrons. The van der Waals surface area contributed by atoms with Crippen molar-refractivity contribution in [3.8, 4) is 17.2 Å². The minimum atomic E-state index is -0.408. The van der Waals surface area contributed by atoms with Crippen LogP contribution in [-0.2, 0) is 18.0 Å². The minimum absolute atomic E-state index is 0.346. The van der Waals surface area contributed by atoms with Gasteiger partial charge in [-0.05, 0) is 23.3 Å². The molecule has 0 bridgehead atoms. The number of rotatable bonds is 7. The van der Waals surface area contributed by atoms with Gasteiger partial charge < -0.3 is 14.2 Å². The zero-order valence-electron chi connectivity index (χ0n) is 14.6. The Morgan fingerprint density at radius 1 is 0.731 bits per heavy atom. The molecule has 0 N–H and O–H groups in total. The summed E-state index contributed by atoms with van der Waals surface area (Å²) in [7, 11) is 0. The van der Waals surface area contributed by atoms with E-state index in [2.05, 4.69) is 0 Å². The molecule has 0 aliphatic carbocycles. The lowest BCUT2D eigenvalue weighted by Crippen LogP contribution is -2.05. The summed E-state index contributed by atoms with van der Waals surface area (Å²) in [6.07, 6.45) is 0. The lowest BCUT2D eigenvalue weighted by molar-refractivity contribution is -0.132. The van der Waals surface area contributed by atoms with Crippen LogP contribution in [0, 0.1) is 0 Å². The first-order valence-corrected chi connectivity index (χ1v) is 8.36. The number of carbonyl (C=O) groups excluding carboxylic acids is 1. The van der Waals surface area contributed by atoms with Gasteiger partial charge in [-0.3, -0.25) is 4.79 Å². The zero-order chi connectivity index (χ0) is 18.2. The molecule has 0 spiro atoms. The molecule has 0 aliphatic heterocycles. The van der Waals surface area contributed by atoms with Gasteiger partial charge >= 0.3 is 5.97 Å². The average molecular weight is 348 g/mol. The molecule has 0 aromatic heterocycles. The van der Waals surface area contributed by atoms with Gasteiger partial charge in [0.1, 0.15) is 19.0 Å². The van der Waals surface area contributed by atoms with Gasteiger partial charge in [0, 0.05) is 13.0 Å². The summed E-state index contributed by atoms with van der Waals surface area (Å²) in [4.78, 5) is 11.4. The van der Waals surface area contributed by atoms with Gasteiger partial charge in [0.05, 0.1) is 0 Å². The fraction of sp³-hybridized carbons (Fsp3) is 0.136. The van der Waals surface area contributed by atoms with E-state index in [0.29, 0.717) is 30.5 Å². The van der Waals surface area contributed by atoms with E-state index in [0.717, 1.165) is 11.1 Å². The van der Waals surface area contributed by atoms with Crippen molar-refractivity contribution < 1.29 is 19.0 Å². The van der Waals surface area contributed by atoms with E-state index in [1.54, 1.807) is 18.2 Å². The van der Waals surface area contributed by atoms with E-state index in [1.165, 1.54) is 6.92 Å². The molecule has 0 amide bonds. The first kappa shape index (κ1) is 17.5. The number of benzene rings is 3. The normalized spacial score (nSPS) is 10.2. The molecule has 0 unspecified atom stereocenters. The minimum Gasteiger partial charge on any atom is -0.489 e. The van der Waals surface area contributed by atoms with Gasteiger partial charge in [-0.15, -0.1) is 0 Å². The van der Waals surface area contributed by atoms with Crippen LogP contribution < -0.4 is 14.2 Å². The fourth-order valence-electron chi connectivity index (χ4n) is 2.41. The Morgan fingerprint density at radius 2 is 1.31 bits per heavy atom. The fourth-order valence-corrected chi connectivity index (χ4v) is 2.41. The van der Waals surface area contributed by atoms with Crippen LogP contribution in [0.4, 0.5) is 0 Å². The Balaban J connectivity index is 1.71. The van der Waals surface area contributed by atoms with Crippen molar-refractivity contribution in [2.45, 2.75) is 20.1 Å². The summed E-state index contributed by atoms with van der Waals surface area (Å²) < 4.78 is 16.9. The molecule has 0 aliphatic rings. The second kappa shape index (κ2) is 8.72. The number of esters is 1. The third-order valence-electron chi connectivity index (χ3n) is 3.65. The lowest BCUT2D eigenvalue weighted by atomic mass is 10.2. The third kappa shape index (κ3) is 5.11. The van der Waals surface area contributed by atoms with Crippen LogP contribution in [0.3, 0.4) is 0 Å². The topological polar surface area (TPSA) is 44.8 Å². The van der Waals surface area contributed by atoms with E-state index in [9.17, 15) is 4.79 Å². The zero-order valence-corrected chi connectivity index (χ0v) is 14.6. The second-order valence-electron chi connectivity index (χ2n) is 5.75. The van der Waals surface area contributed by atoms with Crippen LogP contribution >= 0.6 is 0 Å².